The third-order valence-electron chi connectivity index (χ3n) is 5.58. The van der Waals surface area contributed by atoms with Gasteiger partial charge in [0.15, 0.2) is 11.5 Å². The summed E-state index contributed by atoms with van der Waals surface area (Å²) in [5.41, 5.74) is 7.51. The zero-order chi connectivity index (χ0) is 25.8. The molecule has 0 saturated carbocycles. The van der Waals surface area contributed by atoms with Crippen molar-refractivity contribution >= 4 is 29.2 Å². The molecule has 0 aliphatic rings. The van der Waals surface area contributed by atoms with Crippen molar-refractivity contribution in [3.63, 3.8) is 0 Å². The van der Waals surface area contributed by atoms with Gasteiger partial charge in [0.05, 0.1) is 12.3 Å². The summed E-state index contributed by atoms with van der Waals surface area (Å²) in [6, 6.07) is 16.9. The SMILES string of the molecule is CCN(C(=O)CSc1nnc(-c2ccc(C)cc2)n1N)c1c(N)n(Cc2ccccc2)c(=O)[nH]c1=O. The highest BCUT2D eigenvalue weighted by Gasteiger charge is 2.24. The molecule has 4 aromatic rings. The number of aromatic nitrogens is 5. The number of hydrogen-bond acceptors (Lipinski definition) is 8. The average Bonchev–Trinajstić information content (AvgIpc) is 3.24. The maximum absolute atomic E-state index is 13.1. The van der Waals surface area contributed by atoms with Crippen molar-refractivity contribution in [3.05, 3.63) is 86.6 Å². The van der Waals surface area contributed by atoms with E-state index < -0.39 is 17.2 Å². The molecule has 186 valence electrons. The Hall–Kier alpha value is -4.32. The van der Waals surface area contributed by atoms with Gasteiger partial charge in [-0.3, -0.25) is 19.1 Å². The van der Waals surface area contributed by atoms with Crippen molar-refractivity contribution in [3.8, 4) is 11.4 Å². The fourth-order valence-electron chi connectivity index (χ4n) is 3.70. The number of rotatable bonds is 8. The van der Waals surface area contributed by atoms with Gasteiger partial charge in [0.25, 0.3) is 5.56 Å². The predicted molar refractivity (Wildman–Crippen MR) is 140 cm³/mol. The fraction of sp³-hybridized carbons (Fsp3) is 0.208. The molecule has 5 N–H and O–H groups in total. The van der Waals surface area contributed by atoms with Crippen molar-refractivity contribution in [1.82, 2.24) is 24.4 Å². The number of aryl methyl sites for hydroxylation is 1. The van der Waals surface area contributed by atoms with Crippen LogP contribution in [0.15, 0.2) is 69.3 Å². The van der Waals surface area contributed by atoms with E-state index in [9.17, 15) is 14.4 Å². The first-order chi connectivity index (χ1) is 17.3. The molecule has 0 aliphatic heterocycles. The van der Waals surface area contributed by atoms with E-state index in [0.29, 0.717) is 11.0 Å². The number of hydrogen-bond donors (Lipinski definition) is 3. The topological polar surface area (TPSA) is 158 Å². The number of aromatic amines is 1. The second kappa shape index (κ2) is 10.5. The molecule has 36 heavy (non-hydrogen) atoms. The normalized spacial score (nSPS) is 10.9. The second-order valence-corrected chi connectivity index (χ2v) is 8.98. The molecule has 0 spiro atoms. The Labute approximate surface area is 210 Å². The van der Waals surface area contributed by atoms with E-state index in [-0.39, 0.29) is 30.3 Å². The number of thioether (sulfide) groups is 1. The van der Waals surface area contributed by atoms with Crippen molar-refractivity contribution in [2.24, 2.45) is 0 Å². The molecule has 0 atom stereocenters. The van der Waals surface area contributed by atoms with Gasteiger partial charge in [-0.2, -0.15) is 0 Å². The van der Waals surface area contributed by atoms with Crippen LogP contribution in [0.5, 0.6) is 0 Å². The molecule has 2 heterocycles. The minimum atomic E-state index is -0.731. The zero-order valence-electron chi connectivity index (χ0n) is 19.8. The molecule has 1 amide bonds. The Bertz CT molecular complexity index is 1490. The zero-order valence-corrected chi connectivity index (χ0v) is 20.7. The summed E-state index contributed by atoms with van der Waals surface area (Å²) < 4.78 is 2.56. The number of nitrogens with one attached hydrogen (secondary N) is 1. The van der Waals surface area contributed by atoms with E-state index >= 15 is 0 Å². The fourth-order valence-corrected chi connectivity index (χ4v) is 4.43. The maximum atomic E-state index is 13.1. The number of H-pyrrole nitrogens is 1. The standard InChI is InChI=1S/C24H26N8O3S/c1-3-30(19-20(25)31(23(35)27-22(19)34)13-16-7-5-4-6-8-16)18(33)14-36-24-29-28-21(32(24)26)17-11-9-15(2)10-12-17/h4-12H,3,13-14,25-26H2,1-2H3,(H,27,34,35). The number of nitrogens with two attached hydrogens (primary N) is 2. The molecule has 2 aromatic heterocycles. The van der Waals surface area contributed by atoms with Crippen LogP contribution in [0.2, 0.25) is 0 Å². The molecule has 0 aliphatic carbocycles. The summed E-state index contributed by atoms with van der Waals surface area (Å²) in [4.78, 5) is 41.8. The molecule has 11 nitrogen and oxygen atoms in total. The summed E-state index contributed by atoms with van der Waals surface area (Å²) in [7, 11) is 0. The summed E-state index contributed by atoms with van der Waals surface area (Å²) in [5, 5.41) is 8.57. The minimum absolute atomic E-state index is 0.0756. The van der Waals surface area contributed by atoms with Crippen LogP contribution in [0.25, 0.3) is 11.4 Å². The van der Waals surface area contributed by atoms with Gasteiger partial charge in [0, 0.05) is 12.1 Å². The number of nitrogens with zero attached hydrogens (tertiary/aromatic N) is 5. The molecule has 0 radical (unpaired) electrons. The first-order valence-electron chi connectivity index (χ1n) is 11.2. The summed E-state index contributed by atoms with van der Waals surface area (Å²) in [6.45, 7) is 4.01. The quantitative estimate of drug-likeness (QED) is 0.240. The first-order valence-corrected chi connectivity index (χ1v) is 12.2. The molecule has 0 fully saturated rings. The average molecular weight is 507 g/mol. The number of amides is 1. The summed E-state index contributed by atoms with van der Waals surface area (Å²) >= 11 is 1.09. The molecular weight excluding hydrogens is 480 g/mol. The summed E-state index contributed by atoms with van der Waals surface area (Å²) in [5.74, 6) is 6.07. The second-order valence-electron chi connectivity index (χ2n) is 8.03. The number of carbonyl (C=O) groups is 1. The van der Waals surface area contributed by atoms with Crippen molar-refractivity contribution in [2.45, 2.75) is 25.5 Å². The number of carbonyl (C=O) groups excluding carboxylic acids is 1. The lowest BCUT2D eigenvalue weighted by Gasteiger charge is -2.23. The van der Waals surface area contributed by atoms with Gasteiger partial charge in [-0.15, -0.1) is 10.2 Å². The minimum Gasteiger partial charge on any atom is -0.383 e. The molecule has 0 unspecified atom stereocenters. The molecule has 0 bridgehead atoms. The Morgan fingerprint density at radius 3 is 2.44 bits per heavy atom. The van der Waals surface area contributed by atoms with Gasteiger partial charge in [0.2, 0.25) is 11.1 Å². The maximum Gasteiger partial charge on any atom is 0.330 e. The van der Waals surface area contributed by atoms with Crippen LogP contribution in [0.4, 0.5) is 11.5 Å². The van der Waals surface area contributed by atoms with Gasteiger partial charge >= 0.3 is 5.69 Å². The largest absolute Gasteiger partial charge is 0.383 e. The predicted octanol–water partition coefficient (Wildman–Crippen LogP) is 1.59. The van der Waals surface area contributed by atoms with Crippen LogP contribution in [-0.4, -0.2) is 42.6 Å². The Morgan fingerprint density at radius 2 is 1.78 bits per heavy atom. The van der Waals surface area contributed by atoms with Crippen LogP contribution in [0.1, 0.15) is 18.1 Å². The van der Waals surface area contributed by atoms with Crippen LogP contribution >= 0.6 is 11.8 Å². The van der Waals surface area contributed by atoms with E-state index in [4.69, 9.17) is 11.6 Å². The monoisotopic (exact) mass is 506 g/mol. The summed E-state index contributed by atoms with van der Waals surface area (Å²) in [6.07, 6.45) is 0. The first kappa shape index (κ1) is 24.8. The van der Waals surface area contributed by atoms with Gasteiger partial charge in [0.1, 0.15) is 5.82 Å². The Kier molecular flexibility index (Phi) is 7.25. The van der Waals surface area contributed by atoms with Gasteiger partial charge in [-0.1, -0.05) is 71.9 Å². The van der Waals surface area contributed by atoms with E-state index in [0.717, 1.165) is 28.5 Å². The van der Waals surface area contributed by atoms with Crippen molar-refractivity contribution < 1.29 is 4.79 Å². The third-order valence-corrected chi connectivity index (χ3v) is 6.51. The van der Waals surface area contributed by atoms with E-state index in [1.807, 2.05) is 61.5 Å². The van der Waals surface area contributed by atoms with E-state index in [1.54, 1.807) is 6.92 Å². The Balaban J connectivity index is 1.56. The van der Waals surface area contributed by atoms with Crippen LogP contribution in [-0.2, 0) is 11.3 Å². The molecule has 4 rings (SSSR count). The van der Waals surface area contributed by atoms with Gasteiger partial charge in [-0.05, 0) is 19.4 Å². The van der Waals surface area contributed by atoms with E-state index in [1.165, 1.54) is 14.1 Å². The number of nitrogen functional groups attached to an aromatic ring is 2. The molecular formula is C24H26N8O3S. The third kappa shape index (κ3) is 5.03. The van der Waals surface area contributed by atoms with Gasteiger partial charge in [-0.25, -0.2) is 9.47 Å². The van der Waals surface area contributed by atoms with E-state index in [2.05, 4.69) is 15.2 Å². The molecule has 2 aromatic carbocycles. The lowest BCUT2D eigenvalue weighted by molar-refractivity contribution is -0.116. The highest BCUT2D eigenvalue weighted by Crippen LogP contribution is 2.24. The molecule has 0 saturated heterocycles. The van der Waals surface area contributed by atoms with Crippen LogP contribution in [0.3, 0.4) is 0 Å². The number of benzene rings is 2. The lowest BCUT2D eigenvalue weighted by Crippen LogP contribution is -2.42. The number of anilines is 2. The van der Waals surface area contributed by atoms with Crippen molar-refractivity contribution in [2.75, 3.05) is 28.8 Å². The van der Waals surface area contributed by atoms with Gasteiger partial charge < -0.3 is 16.5 Å². The van der Waals surface area contributed by atoms with Crippen LogP contribution in [0, 0.1) is 6.92 Å². The molecule has 12 heteroatoms. The highest BCUT2D eigenvalue weighted by atomic mass is 32.2. The Morgan fingerprint density at radius 1 is 1.08 bits per heavy atom. The lowest BCUT2D eigenvalue weighted by atomic mass is 10.1. The van der Waals surface area contributed by atoms with Crippen molar-refractivity contribution in [1.29, 1.82) is 0 Å². The highest BCUT2D eigenvalue weighted by molar-refractivity contribution is 7.99. The van der Waals surface area contributed by atoms with Crippen LogP contribution < -0.4 is 27.7 Å². The smallest absolute Gasteiger partial charge is 0.330 e.